The number of halogens is 2. The van der Waals surface area contributed by atoms with Gasteiger partial charge in [-0.3, -0.25) is 4.79 Å². The van der Waals surface area contributed by atoms with Crippen molar-refractivity contribution < 1.29 is 15.0 Å². The van der Waals surface area contributed by atoms with E-state index in [4.69, 9.17) is 23.2 Å². The molecule has 0 fully saturated rings. The standard InChI is InChI=1S/C16H10Cl2N2O3S/c17-9-2-3-10-13(6-9)24-15(14(10)18)16(23)20-19-7-8-1-4-11(21)12(22)5-8/h1-7,21-22H,(H,20,23)/b19-7-. The maximum atomic E-state index is 12.2. The van der Waals surface area contributed by atoms with Gasteiger partial charge in [-0.15, -0.1) is 11.3 Å². The van der Waals surface area contributed by atoms with Crippen LogP contribution in [0.15, 0.2) is 41.5 Å². The highest BCUT2D eigenvalue weighted by atomic mass is 35.5. The number of hydrogen-bond donors (Lipinski definition) is 3. The van der Waals surface area contributed by atoms with Crippen LogP contribution in [0, 0.1) is 0 Å². The second kappa shape index (κ2) is 6.68. The van der Waals surface area contributed by atoms with Crippen LogP contribution in [0.5, 0.6) is 11.5 Å². The van der Waals surface area contributed by atoms with Gasteiger partial charge in [-0.05, 0) is 35.9 Å². The zero-order valence-corrected chi connectivity index (χ0v) is 14.3. The predicted octanol–water partition coefficient (Wildman–Crippen LogP) is 4.38. The second-order valence-electron chi connectivity index (χ2n) is 4.83. The van der Waals surface area contributed by atoms with Crippen molar-refractivity contribution in [1.82, 2.24) is 5.43 Å². The molecule has 1 amide bonds. The molecule has 0 atom stereocenters. The molecule has 0 aliphatic carbocycles. The number of nitrogens with one attached hydrogen (secondary N) is 1. The Morgan fingerprint density at radius 1 is 1.12 bits per heavy atom. The van der Waals surface area contributed by atoms with E-state index in [0.29, 0.717) is 20.5 Å². The van der Waals surface area contributed by atoms with Gasteiger partial charge in [0.1, 0.15) is 4.88 Å². The molecular weight excluding hydrogens is 371 g/mol. The zero-order chi connectivity index (χ0) is 17.3. The Morgan fingerprint density at radius 2 is 1.92 bits per heavy atom. The molecule has 0 saturated carbocycles. The number of nitrogens with zero attached hydrogens (tertiary/aromatic N) is 1. The van der Waals surface area contributed by atoms with E-state index in [2.05, 4.69) is 10.5 Å². The Kier molecular flexibility index (Phi) is 4.62. The summed E-state index contributed by atoms with van der Waals surface area (Å²) < 4.78 is 0.810. The minimum absolute atomic E-state index is 0.230. The van der Waals surface area contributed by atoms with Crippen molar-refractivity contribution in [2.75, 3.05) is 0 Å². The summed E-state index contributed by atoms with van der Waals surface area (Å²) in [6.07, 6.45) is 1.34. The molecule has 3 aromatic rings. The maximum Gasteiger partial charge on any atom is 0.283 e. The highest BCUT2D eigenvalue weighted by molar-refractivity contribution is 7.21. The SMILES string of the molecule is O=C(N/N=C\c1ccc(O)c(O)c1)c1sc2cc(Cl)ccc2c1Cl. The van der Waals surface area contributed by atoms with Crippen molar-refractivity contribution in [1.29, 1.82) is 0 Å². The van der Waals surface area contributed by atoms with Crippen molar-refractivity contribution in [2.45, 2.75) is 0 Å². The average Bonchev–Trinajstić information content (AvgIpc) is 2.87. The third-order valence-corrected chi connectivity index (χ3v) is 5.07. The van der Waals surface area contributed by atoms with E-state index >= 15 is 0 Å². The third-order valence-electron chi connectivity index (χ3n) is 3.18. The summed E-state index contributed by atoms with van der Waals surface area (Å²) in [5.74, 6) is -0.946. The number of phenolic OH excluding ortho intramolecular Hbond substituents is 2. The minimum Gasteiger partial charge on any atom is -0.504 e. The van der Waals surface area contributed by atoms with E-state index in [0.717, 1.165) is 10.1 Å². The van der Waals surface area contributed by atoms with Crippen LogP contribution in [-0.4, -0.2) is 22.3 Å². The van der Waals surface area contributed by atoms with Gasteiger partial charge in [0.15, 0.2) is 11.5 Å². The molecule has 0 aliphatic heterocycles. The largest absolute Gasteiger partial charge is 0.504 e. The molecule has 0 aliphatic rings. The normalized spacial score (nSPS) is 11.2. The first-order chi connectivity index (χ1) is 11.5. The number of rotatable bonds is 3. The number of carbonyl (C=O) groups excluding carboxylic acids is 1. The van der Waals surface area contributed by atoms with Crippen molar-refractivity contribution in [3.05, 3.63) is 56.9 Å². The summed E-state index contributed by atoms with van der Waals surface area (Å²) in [6, 6.07) is 9.39. The smallest absolute Gasteiger partial charge is 0.283 e. The van der Waals surface area contributed by atoms with E-state index in [-0.39, 0.29) is 11.5 Å². The van der Waals surface area contributed by atoms with Gasteiger partial charge in [-0.1, -0.05) is 29.3 Å². The van der Waals surface area contributed by atoms with Gasteiger partial charge in [0.25, 0.3) is 5.91 Å². The first kappa shape index (κ1) is 16.6. The average molecular weight is 381 g/mol. The summed E-state index contributed by atoms with van der Waals surface area (Å²) in [7, 11) is 0. The van der Waals surface area contributed by atoms with Crippen molar-refractivity contribution >= 4 is 56.7 Å². The molecule has 1 aromatic heterocycles. The number of hydrazone groups is 1. The van der Waals surface area contributed by atoms with Gasteiger partial charge < -0.3 is 10.2 Å². The summed E-state index contributed by atoms with van der Waals surface area (Å²) in [4.78, 5) is 12.5. The first-order valence-corrected chi connectivity index (χ1v) is 8.26. The van der Waals surface area contributed by atoms with Crippen LogP contribution in [0.4, 0.5) is 0 Å². The molecule has 8 heteroatoms. The Morgan fingerprint density at radius 3 is 2.67 bits per heavy atom. The maximum absolute atomic E-state index is 12.2. The monoisotopic (exact) mass is 380 g/mol. The lowest BCUT2D eigenvalue weighted by Gasteiger charge is -1.99. The predicted molar refractivity (Wildman–Crippen MR) is 96.7 cm³/mol. The zero-order valence-electron chi connectivity index (χ0n) is 12.0. The molecular formula is C16H10Cl2N2O3S. The molecule has 1 heterocycles. The Bertz CT molecular complexity index is 969. The van der Waals surface area contributed by atoms with Gasteiger partial charge >= 0.3 is 0 Å². The van der Waals surface area contributed by atoms with Crippen LogP contribution in [0.2, 0.25) is 10.0 Å². The molecule has 24 heavy (non-hydrogen) atoms. The molecule has 0 bridgehead atoms. The van der Waals surface area contributed by atoms with Crippen LogP contribution >= 0.6 is 34.5 Å². The highest BCUT2D eigenvalue weighted by Gasteiger charge is 2.16. The molecule has 3 N–H and O–H groups in total. The fourth-order valence-electron chi connectivity index (χ4n) is 2.02. The fraction of sp³-hybridized carbons (Fsp3) is 0. The molecule has 0 spiro atoms. The topological polar surface area (TPSA) is 81.9 Å². The van der Waals surface area contributed by atoms with Crippen LogP contribution in [0.25, 0.3) is 10.1 Å². The molecule has 0 unspecified atom stereocenters. The second-order valence-corrected chi connectivity index (χ2v) is 6.70. The molecule has 0 radical (unpaired) electrons. The minimum atomic E-state index is -0.448. The number of fused-ring (bicyclic) bond motifs is 1. The van der Waals surface area contributed by atoms with Gasteiger partial charge in [0.05, 0.1) is 11.2 Å². The van der Waals surface area contributed by atoms with Crippen molar-refractivity contribution in [2.24, 2.45) is 5.10 Å². The van der Waals surface area contributed by atoms with Gasteiger partial charge in [-0.25, -0.2) is 5.43 Å². The molecule has 2 aromatic carbocycles. The van der Waals surface area contributed by atoms with Crippen LogP contribution in [-0.2, 0) is 0 Å². The summed E-state index contributed by atoms with van der Waals surface area (Å²) in [5, 5.41) is 24.1. The van der Waals surface area contributed by atoms with Gasteiger partial charge in [-0.2, -0.15) is 5.10 Å². The number of thiophene rings is 1. The van der Waals surface area contributed by atoms with Crippen LogP contribution in [0.3, 0.4) is 0 Å². The molecule has 3 rings (SSSR count). The van der Waals surface area contributed by atoms with Gasteiger partial charge in [0.2, 0.25) is 0 Å². The molecule has 0 saturated heterocycles. The van der Waals surface area contributed by atoms with E-state index in [1.807, 2.05) is 0 Å². The van der Waals surface area contributed by atoms with Gasteiger partial charge in [0, 0.05) is 15.1 Å². The van der Waals surface area contributed by atoms with E-state index in [9.17, 15) is 15.0 Å². The fourth-order valence-corrected chi connectivity index (χ4v) is 3.70. The Hall–Kier alpha value is -2.28. The molecule has 5 nitrogen and oxygen atoms in total. The summed E-state index contributed by atoms with van der Waals surface area (Å²) in [5.41, 5.74) is 2.89. The van der Waals surface area contributed by atoms with E-state index in [1.54, 1.807) is 24.3 Å². The number of benzene rings is 2. The highest BCUT2D eigenvalue weighted by Crippen LogP contribution is 2.36. The Balaban J connectivity index is 1.78. The molecule has 122 valence electrons. The van der Waals surface area contributed by atoms with Crippen LogP contribution in [0.1, 0.15) is 15.2 Å². The quantitative estimate of drug-likeness (QED) is 0.358. The number of carbonyl (C=O) groups is 1. The summed E-state index contributed by atoms with van der Waals surface area (Å²) >= 11 is 13.4. The lowest BCUT2D eigenvalue weighted by molar-refractivity contribution is 0.0959. The van der Waals surface area contributed by atoms with E-state index < -0.39 is 5.91 Å². The Labute approximate surface area is 150 Å². The number of hydrogen-bond acceptors (Lipinski definition) is 5. The third kappa shape index (κ3) is 3.31. The number of aromatic hydroxyl groups is 2. The lowest BCUT2D eigenvalue weighted by Crippen LogP contribution is -2.16. The van der Waals surface area contributed by atoms with Crippen LogP contribution < -0.4 is 5.43 Å². The first-order valence-electron chi connectivity index (χ1n) is 6.68. The van der Waals surface area contributed by atoms with E-state index in [1.165, 1.54) is 29.7 Å². The lowest BCUT2D eigenvalue weighted by atomic mass is 10.2. The van der Waals surface area contributed by atoms with Crippen molar-refractivity contribution in [3.8, 4) is 11.5 Å². The number of phenols is 2. The number of amides is 1. The summed E-state index contributed by atoms with van der Waals surface area (Å²) in [6.45, 7) is 0. The van der Waals surface area contributed by atoms with Crippen molar-refractivity contribution in [3.63, 3.8) is 0 Å².